The van der Waals surface area contributed by atoms with Crippen molar-refractivity contribution in [2.45, 2.75) is 26.6 Å². The van der Waals surface area contributed by atoms with Gasteiger partial charge in [-0.2, -0.15) is 0 Å². The van der Waals surface area contributed by atoms with E-state index >= 15 is 0 Å². The normalized spacial score (nSPS) is 11.2. The fraction of sp³-hybridized carbons (Fsp3) is 0.222. The maximum absolute atomic E-state index is 3.26. The van der Waals surface area contributed by atoms with Crippen LogP contribution in [-0.4, -0.2) is 8.07 Å². The summed E-state index contributed by atoms with van der Waals surface area (Å²) in [7, 11) is -1.24. The molecule has 0 aromatic heterocycles. The molecule has 96 valence electrons. The molecule has 0 radical (unpaired) electrons. The van der Waals surface area contributed by atoms with Crippen molar-refractivity contribution in [1.82, 2.24) is 0 Å². The largest absolute Gasteiger partial charge is 0.129 e. The van der Waals surface area contributed by atoms with Crippen molar-refractivity contribution in [2.24, 2.45) is 0 Å². The molecule has 0 heterocycles. The van der Waals surface area contributed by atoms with Crippen LogP contribution < -0.4 is 0 Å². The average molecular weight is 264 g/mol. The predicted octanol–water partition coefficient (Wildman–Crippen LogP) is 4.12. The second-order valence-electron chi connectivity index (χ2n) is 4.66. The van der Waals surface area contributed by atoms with Gasteiger partial charge in [0.1, 0.15) is 8.07 Å². The topological polar surface area (TPSA) is 0 Å². The summed E-state index contributed by atoms with van der Waals surface area (Å²) in [6.07, 6.45) is 14.9. The number of allylic oxidation sites excluding steroid dienone is 8. The SMILES string of the molecule is C/C=C/C#CC#C/C=C/C=C/C=C/C#C[Si](C)(C)C. The Kier molecular flexibility index (Phi) is 9.74. The molecular weight excluding hydrogens is 244 g/mol. The van der Waals surface area contributed by atoms with Crippen molar-refractivity contribution >= 4 is 8.07 Å². The van der Waals surface area contributed by atoms with Gasteiger partial charge >= 0.3 is 0 Å². The Morgan fingerprint density at radius 2 is 1.21 bits per heavy atom. The zero-order chi connectivity index (χ0) is 14.4. The second-order valence-corrected chi connectivity index (χ2v) is 9.41. The Labute approximate surface area is 119 Å². The van der Waals surface area contributed by atoms with Gasteiger partial charge in [-0.15, -0.1) is 5.54 Å². The Bertz CT molecular complexity index is 545. The van der Waals surface area contributed by atoms with Crippen LogP contribution >= 0.6 is 0 Å². The van der Waals surface area contributed by atoms with Crippen LogP contribution in [0.25, 0.3) is 0 Å². The van der Waals surface area contributed by atoms with E-state index in [1.165, 1.54) is 0 Å². The molecule has 0 aliphatic heterocycles. The first-order valence-corrected chi connectivity index (χ1v) is 9.69. The third kappa shape index (κ3) is 15.9. The van der Waals surface area contributed by atoms with Gasteiger partial charge in [-0.25, -0.2) is 0 Å². The summed E-state index contributed by atoms with van der Waals surface area (Å²) in [6, 6.07) is 0. The molecule has 0 atom stereocenters. The second kappa shape index (κ2) is 11.0. The van der Waals surface area contributed by atoms with E-state index in [9.17, 15) is 0 Å². The van der Waals surface area contributed by atoms with Crippen molar-refractivity contribution in [2.75, 3.05) is 0 Å². The third-order valence-electron chi connectivity index (χ3n) is 1.60. The molecule has 19 heavy (non-hydrogen) atoms. The molecule has 0 fully saturated rings. The molecule has 0 aromatic rings. The van der Waals surface area contributed by atoms with Crippen LogP contribution in [0.5, 0.6) is 0 Å². The summed E-state index contributed by atoms with van der Waals surface area (Å²) in [6.45, 7) is 8.60. The quantitative estimate of drug-likeness (QED) is 0.400. The van der Waals surface area contributed by atoms with Gasteiger partial charge in [0.05, 0.1) is 0 Å². The molecule has 0 spiro atoms. The van der Waals surface area contributed by atoms with Crippen LogP contribution in [0, 0.1) is 35.1 Å². The molecule has 0 aliphatic rings. The highest BCUT2D eigenvalue weighted by molar-refractivity contribution is 6.83. The van der Waals surface area contributed by atoms with E-state index in [1.54, 1.807) is 12.2 Å². The Morgan fingerprint density at radius 3 is 1.74 bits per heavy atom. The zero-order valence-electron chi connectivity index (χ0n) is 12.1. The standard InChI is InChI=1S/C18H20Si/c1-5-6-7-8-9-10-11-12-13-14-15-16-17-18-19(2,3)4/h5-6,11-16H,1-4H3/b6-5+,12-11+,14-13+,16-15+. The van der Waals surface area contributed by atoms with Crippen LogP contribution in [0.4, 0.5) is 0 Å². The summed E-state index contributed by atoms with van der Waals surface area (Å²) in [5.74, 6) is 14.1. The highest BCUT2D eigenvalue weighted by Gasteiger charge is 2.06. The number of hydrogen-bond donors (Lipinski definition) is 0. The van der Waals surface area contributed by atoms with E-state index in [2.05, 4.69) is 54.8 Å². The van der Waals surface area contributed by atoms with Gasteiger partial charge in [0.2, 0.25) is 0 Å². The van der Waals surface area contributed by atoms with Crippen molar-refractivity contribution in [3.05, 3.63) is 48.6 Å². The molecule has 0 N–H and O–H groups in total. The molecule has 1 heteroatoms. The minimum Gasteiger partial charge on any atom is -0.127 e. The Balaban J connectivity index is 4.07. The van der Waals surface area contributed by atoms with E-state index in [-0.39, 0.29) is 0 Å². The van der Waals surface area contributed by atoms with Gasteiger partial charge in [-0.1, -0.05) is 67.8 Å². The summed E-state index contributed by atoms with van der Waals surface area (Å²) in [5.41, 5.74) is 3.26. The molecule has 0 unspecified atom stereocenters. The van der Waals surface area contributed by atoms with Crippen LogP contribution in [0.3, 0.4) is 0 Å². The average Bonchev–Trinajstić information content (AvgIpc) is 2.34. The molecule has 0 saturated heterocycles. The molecule has 0 aliphatic carbocycles. The van der Waals surface area contributed by atoms with E-state index in [1.807, 2.05) is 43.4 Å². The fourth-order valence-corrected chi connectivity index (χ4v) is 1.35. The maximum Gasteiger partial charge on any atom is 0.129 e. The van der Waals surface area contributed by atoms with Gasteiger partial charge < -0.3 is 0 Å². The van der Waals surface area contributed by atoms with E-state index in [0.717, 1.165) is 0 Å². The molecule has 0 saturated carbocycles. The number of rotatable bonds is 2. The van der Waals surface area contributed by atoms with Gasteiger partial charge in [0.15, 0.2) is 0 Å². The molecule has 0 aromatic carbocycles. The molecule has 0 amide bonds. The maximum atomic E-state index is 3.26. The Hall–Kier alpha value is -2.14. The summed E-state index contributed by atoms with van der Waals surface area (Å²) >= 11 is 0. The lowest BCUT2D eigenvalue weighted by Crippen LogP contribution is -2.16. The van der Waals surface area contributed by atoms with Crippen molar-refractivity contribution in [3.63, 3.8) is 0 Å². The molecule has 0 nitrogen and oxygen atoms in total. The molecule has 0 bridgehead atoms. The van der Waals surface area contributed by atoms with Gasteiger partial charge in [0, 0.05) is 0 Å². The van der Waals surface area contributed by atoms with Crippen molar-refractivity contribution < 1.29 is 0 Å². The van der Waals surface area contributed by atoms with E-state index in [4.69, 9.17) is 0 Å². The predicted molar refractivity (Wildman–Crippen MR) is 88.9 cm³/mol. The smallest absolute Gasteiger partial charge is 0.127 e. The van der Waals surface area contributed by atoms with Crippen LogP contribution in [0.15, 0.2) is 48.6 Å². The van der Waals surface area contributed by atoms with E-state index in [0.29, 0.717) is 0 Å². The first-order chi connectivity index (χ1) is 9.06. The minimum atomic E-state index is -1.24. The third-order valence-corrected chi connectivity index (χ3v) is 2.49. The summed E-state index contributed by atoms with van der Waals surface area (Å²) in [5, 5.41) is 0. The fourth-order valence-electron chi connectivity index (χ4n) is 0.833. The van der Waals surface area contributed by atoms with Gasteiger partial charge in [-0.3, -0.25) is 0 Å². The van der Waals surface area contributed by atoms with Crippen LogP contribution in [-0.2, 0) is 0 Å². The minimum absolute atomic E-state index is 1.24. The summed E-state index contributed by atoms with van der Waals surface area (Å²) < 4.78 is 0. The highest BCUT2D eigenvalue weighted by atomic mass is 28.3. The first-order valence-electron chi connectivity index (χ1n) is 6.19. The monoisotopic (exact) mass is 264 g/mol. The lowest BCUT2D eigenvalue weighted by atomic mass is 10.4. The summed E-state index contributed by atoms with van der Waals surface area (Å²) in [4.78, 5) is 0. The van der Waals surface area contributed by atoms with E-state index < -0.39 is 8.07 Å². The lowest BCUT2D eigenvalue weighted by Gasteiger charge is -2.01. The van der Waals surface area contributed by atoms with Crippen LogP contribution in [0.2, 0.25) is 19.6 Å². The van der Waals surface area contributed by atoms with Crippen LogP contribution in [0.1, 0.15) is 6.92 Å². The lowest BCUT2D eigenvalue weighted by molar-refractivity contribution is 1.76. The zero-order valence-corrected chi connectivity index (χ0v) is 13.1. The van der Waals surface area contributed by atoms with Gasteiger partial charge in [-0.05, 0) is 37.0 Å². The molecular formula is C18H20Si. The number of hydrogen-bond acceptors (Lipinski definition) is 0. The van der Waals surface area contributed by atoms with Crippen molar-refractivity contribution in [3.8, 4) is 35.1 Å². The van der Waals surface area contributed by atoms with Crippen molar-refractivity contribution in [1.29, 1.82) is 0 Å². The molecule has 0 rings (SSSR count). The highest BCUT2D eigenvalue weighted by Crippen LogP contribution is 1.95. The van der Waals surface area contributed by atoms with Gasteiger partial charge in [0.25, 0.3) is 0 Å². The Morgan fingerprint density at radius 1 is 0.684 bits per heavy atom. The first kappa shape index (κ1) is 16.9.